The first-order chi connectivity index (χ1) is 8.59. The minimum Gasteiger partial charge on any atom is -0.387 e. The van der Waals surface area contributed by atoms with Crippen molar-refractivity contribution in [1.82, 2.24) is 10.2 Å². The van der Waals surface area contributed by atoms with Crippen LogP contribution >= 0.6 is 15.9 Å². The van der Waals surface area contributed by atoms with Gasteiger partial charge in [-0.25, -0.2) is 4.39 Å². The number of benzene rings is 1. The smallest absolute Gasteiger partial charge is 0.129 e. The molecule has 1 aromatic carbocycles. The largest absolute Gasteiger partial charge is 0.387 e. The predicted molar refractivity (Wildman–Crippen MR) is 73.0 cm³/mol. The van der Waals surface area contributed by atoms with Gasteiger partial charge in [0.25, 0.3) is 0 Å². The number of piperazine rings is 1. The maximum Gasteiger partial charge on any atom is 0.129 e. The molecular weight excluding hydrogens is 299 g/mol. The zero-order chi connectivity index (χ0) is 13.1. The summed E-state index contributed by atoms with van der Waals surface area (Å²) in [7, 11) is 0. The van der Waals surface area contributed by atoms with Crippen molar-refractivity contribution in [1.29, 1.82) is 0 Å². The number of hydrogen-bond donors (Lipinski definition) is 2. The first-order valence-electron chi connectivity index (χ1n) is 6.17. The first kappa shape index (κ1) is 13.9. The summed E-state index contributed by atoms with van der Waals surface area (Å²) in [6, 6.07) is 4.59. The summed E-state index contributed by atoms with van der Waals surface area (Å²) in [5.74, 6) is -0.354. The molecule has 1 heterocycles. The zero-order valence-electron chi connectivity index (χ0n) is 10.4. The van der Waals surface area contributed by atoms with Crippen LogP contribution in [-0.2, 0) is 0 Å². The Morgan fingerprint density at radius 1 is 1.39 bits per heavy atom. The lowest BCUT2D eigenvalue weighted by Gasteiger charge is -2.35. The van der Waals surface area contributed by atoms with Gasteiger partial charge in [0, 0.05) is 42.3 Å². The Labute approximate surface area is 115 Å². The highest BCUT2D eigenvalue weighted by Gasteiger charge is 2.26. The van der Waals surface area contributed by atoms with E-state index in [-0.39, 0.29) is 11.9 Å². The summed E-state index contributed by atoms with van der Waals surface area (Å²) in [5.41, 5.74) is 0.357. The normalized spacial score (nSPS) is 20.7. The van der Waals surface area contributed by atoms with Crippen LogP contribution in [0.3, 0.4) is 0 Å². The Bertz CT molecular complexity index is 410. The molecule has 1 aliphatic rings. The molecule has 18 heavy (non-hydrogen) atoms. The second-order valence-electron chi connectivity index (χ2n) is 4.64. The Morgan fingerprint density at radius 3 is 2.72 bits per heavy atom. The summed E-state index contributed by atoms with van der Waals surface area (Å²) in [6.07, 6.45) is -0.805. The highest BCUT2D eigenvalue weighted by atomic mass is 79.9. The fourth-order valence-corrected chi connectivity index (χ4v) is 2.67. The van der Waals surface area contributed by atoms with Gasteiger partial charge in [-0.1, -0.05) is 15.9 Å². The summed E-state index contributed by atoms with van der Waals surface area (Å²) < 4.78 is 14.5. The third kappa shape index (κ3) is 3.09. The molecule has 2 rings (SSSR count). The number of nitrogens with zero attached hydrogens (tertiary/aromatic N) is 1. The molecular formula is C13H18BrFN2O. The molecule has 0 amide bonds. The second-order valence-corrected chi connectivity index (χ2v) is 5.55. The van der Waals surface area contributed by atoms with Crippen LogP contribution in [0, 0.1) is 5.82 Å². The van der Waals surface area contributed by atoms with Gasteiger partial charge in [0.2, 0.25) is 0 Å². The van der Waals surface area contributed by atoms with Crippen LogP contribution in [0.25, 0.3) is 0 Å². The number of nitrogens with one attached hydrogen (secondary N) is 1. The molecule has 100 valence electrons. The SMILES string of the molecule is CC(C(O)c1cc(Br)ccc1F)N1CCNCC1. The molecule has 1 fully saturated rings. The van der Waals surface area contributed by atoms with Gasteiger partial charge in [0.15, 0.2) is 0 Å². The van der Waals surface area contributed by atoms with E-state index in [9.17, 15) is 9.50 Å². The van der Waals surface area contributed by atoms with Gasteiger partial charge in [0.05, 0.1) is 6.10 Å². The summed E-state index contributed by atoms with van der Waals surface area (Å²) in [4.78, 5) is 2.18. The van der Waals surface area contributed by atoms with Crippen LogP contribution in [0.15, 0.2) is 22.7 Å². The lowest BCUT2D eigenvalue weighted by Crippen LogP contribution is -2.49. The molecule has 2 unspecified atom stereocenters. The maximum absolute atomic E-state index is 13.7. The van der Waals surface area contributed by atoms with E-state index in [1.807, 2.05) is 6.92 Å². The summed E-state index contributed by atoms with van der Waals surface area (Å²) in [5, 5.41) is 13.6. The summed E-state index contributed by atoms with van der Waals surface area (Å²) in [6.45, 7) is 5.54. The monoisotopic (exact) mass is 316 g/mol. The Hall–Kier alpha value is -0.490. The van der Waals surface area contributed by atoms with E-state index < -0.39 is 6.10 Å². The van der Waals surface area contributed by atoms with Crippen molar-refractivity contribution in [2.75, 3.05) is 26.2 Å². The Balaban J connectivity index is 2.13. The van der Waals surface area contributed by atoms with Crippen LogP contribution in [0.2, 0.25) is 0 Å². The lowest BCUT2D eigenvalue weighted by atomic mass is 10.0. The highest BCUT2D eigenvalue weighted by molar-refractivity contribution is 9.10. The van der Waals surface area contributed by atoms with E-state index in [2.05, 4.69) is 26.1 Å². The minimum atomic E-state index is -0.805. The molecule has 0 saturated carbocycles. The topological polar surface area (TPSA) is 35.5 Å². The zero-order valence-corrected chi connectivity index (χ0v) is 12.0. The Kier molecular flexibility index (Phi) is 4.72. The number of aliphatic hydroxyl groups excluding tert-OH is 1. The standard InChI is InChI=1S/C13H18BrFN2O/c1-9(17-6-4-16-5-7-17)13(18)11-8-10(14)2-3-12(11)15/h2-3,8-9,13,16,18H,4-7H2,1H3. The fraction of sp³-hybridized carbons (Fsp3) is 0.538. The molecule has 5 heteroatoms. The molecule has 0 radical (unpaired) electrons. The van der Waals surface area contributed by atoms with E-state index in [0.717, 1.165) is 30.7 Å². The van der Waals surface area contributed by atoms with Gasteiger partial charge >= 0.3 is 0 Å². The Morgan fingerprint density at radius 2 is 2.06 bits per heavy atom. The number of halogens is 2. The van der Waals surface area contributed by atoms with Gasteiger partial charge in [-0.3, -0.25) is 4.90 Å². The van der Waals surface area contributed by atoms with Crippen LogP contribution < -0.4 is 5.32 Å². The van der Waals surface area contributed by atoms with Crippen molar-refractivity contribution in [3.63, 3.8) is 0 Å². The average molecular weight is 317 g/mol. The predicted octanol–water partition coefficient (Wildman–Crippen LogP) is 1.92. The minimum absolute atomic E-state index is 0.0871. The molecule has 2 N–H and O–H groups in total. The maximum atomic E-state index is 13.7. The number of aliphatic hydroxyl groups is 1. The van der Waals surface area contributed by atoms with Crippen LogP contribution in [0.1, 0.15) is 18.6 Å². The molecule has 0 aliphatic carbocycles. The fourth-order valence-electron chi connectivity index (χ4n) is 2.29. The van der Waals surface area contributed by atoms with Crippen molar-refractivity contribution >= 4 is 15.9 Å². The van der Waals surface area contributed by atoms with Gasteiger partial charge in [-0.05, 0) is 25.1 Å². The van der Waals surface area contributed by atoms with Crippen molar-refractivity contribution in [3.8, 4) is 0 Å². The van der Waals surface area contributed by atoms with Gasteiger partial charge in [-0.2, -0.15) is 0 Å². The second kappa shape index (κ2) is 6.10. The lowest BCUT2D eigenvalue weighted by molar-refractivity contribution is 0.0488. The van der Waals surface area contributed by atoms with Crippen molar-refractivity contribution < 1.29 is 9.50 Å². The molecule has 1 aromatic rings. The van der Waals surface area contributed by atoms with E-state index >= 15 is 0 Å². The van der Waals surface area contributed by atoms with E-state index in [0.29, 0.717) is 5.56 Å². The average Bonchev–Trinajstić information content (AvgIpc) is 2.41. The summed E-state index contributed by atoms with van der Waals surface area (Å²) >= 11 is 3.31. The molecule has 1 aliphatic heterocycles. The van der Waals surface area contributed by atoms with Gasteiger partial charge < -0.3 is 10.4 Å². The van der Waals surface area contributed by atoms with Gasteiger partial charge in [-0.15, -0.1) is 0 Å². The van der Waals surface area contributed by atoms with Crippen LogP contribution in [0.4, 0.5) is 4.39 Å². The molecule has 0 aromatic heterocycles. The third-order valence-electron chi connectivity index (χ3n) is 3.46. The molecule has 1 saturated heterocycles. The molecule has 0 spiro atoms. The molecule has 3 nitrogen and oxygen atoms in total. The molecule has 2 atom stereocenters. The first-order valence-corrected chi connectivity index (χ1v) is 6.96. The van der Waals surface area contributed by atoms with Crippen molar-refractivity contribution in [2.24, 2.45) is 0 Å². The van der Waals surface area contributed by atoms with E-state index in [1.165, 1.54) is 6.07 Å². The highest BCUT2D eigenvalue weighted by Crippen LogP contribution is 2.26. The van der Waals surface area contributed by atoms with Gasteiger partial charge in [0.1, 0.15) is 5.82 Å². The van der Waals surface area contributed by atoms with Crippen LogP contribution in [0.5, 0.6) is 0 Å². The number of hydrogen-bond acceptors (Lipinski definition) is 3. The van der Waals surface area contributed by atoms with Crippen molar-refractivity contribution in [3.05, 3.63) is 34.1 Å². The molecule has 0 bridgehead atoms. The van der Waals surface area contributed by atoms with Crippen LogP contribution in [-0.4, -0.2) is 42.2 Å². The quantitative estimate of drug-likeness (QED) is 0.894. The van der Waals surface area contributed by atoms with E-state index in [4.69, 9.17) is 0 Å². The third-order valence-corrected chi connectivity index (χ3v) is 3.95. The van der Waals surface area contributed by atoms with Crippen molar-refractivity contribution in [2.45, 2.75) is 19.1 Å². The number of rotatable bonds is 3. The van der Waals surface area contributed by atoms with E-state index in [1.54, 1.807) is 12.1 Å².